The Hall–Kier alpha value is -1.41. The third kappa shape index (κ3) is 1.61. The van der Waals surface area contributed by atoms with Crippen LogP contribution in [0.25, 0.3) is 10.9 Å². The Morgan fingerprint density at radius 3 is 2.71 bits per heavy atom. The molecule has 0 aliphatic carbocycles. The summed E-state index contributed by atoms with van der Waals surface area (Å²) in [5.41, 5.74) is 1.09. The molecule has 1 aromatic heterocycles. The highest BCUT2D eigenvalue weighted by atomic mass is 16.3. The van der Waals surface area contributed by atoms with E-state index in [1.807, 2.05) is 30.3 Å². The smallest absolute Gasteiger partial charge is 0.0840 e. The van der Waals surface area contributed by atoms with E-state index in [1.165, 1.54) is 0 Å². The molecule has 0 bridgehead atoms. The lowest BCUT2D eigenvalue weighted by Crippen LogP contribution is -2.15. The van der Waals surface area contributed by atoms with Gasteiger partial charge in [-0.2, -0.15) is 0 Å². The van der Waals surface area contributed by atoms with Crippen LogP contribution in [0.1, 0.15) is 19.4 Å². The molecular weight excluding hydrogens is 174 g/mol. The molecule has 0 fully saturated rings. The van der Waals surface area contributed by atoms with E-state index in [1.54, 1.807) is 20.0 Å². The Morgan fingerprint density at radius 1 is 1.21 bits per heavy atom. The van der Waals surface area contributed by atoms with Gasteiger partial charge in [0.25, 0.3) is 0 Å². The summed E-state index contributed by atoms with van der Waals surface area (Å²) in [4.78, 5) is 4.22. The summed E-state index contributed by atoms with van der Waals surface area (Å²) in [5, 5.41) is 10.9. The standard InChI is InChI=1S/C12H13NO/c1-12(2,14)10-5-6-11-9(8-10)4-3-7-13-11/h3-8,14H,1-2H3. The molecule has 0 unspecified atom stereocenters. The average Bonchev–Trinajstić information content (AvgIpc) is 2.16. The van der Waals surface area contributed by atoms with Crippen LogP contribution in [0.3, 0.4) is 0 Å². The number of fused-ring (bicyclic) bond motifs is 1. The van der Waals surface area contributed by atoms with Gasteiger partial charge in [-0.1, -0.05) is 12.1 Å². The van der Waals surface area contributed by atoms with Crippen molar-refractivity contribution in [3.8, 4) is 0 Å². The fourth-order valence-electron chi connectivity index (χ4n) is 1.46. The van der Waals surface area contributed by atoms with Crippen molar-refractivity contribution < 1.29 is 5.11 Å². The van der Waals surface area contributed by atoms with Gasteiger partial charge in [0.05, 0.1) is 11.1 Å². The molecule has 0 radical (unpaired) electrons. The predicted octanol–water partition coefficient (Wildman–Crippen LogP) is 2.46. The molecule has 2 nitrogen and oxygen atoms in total. The van der Waals surface area contributed by atoms with Crippen LogP contribution in [0.4, 0.5) is 0 Å². The van der Waals surface area contributed by atoms with Crippen molar-refractivity contribution in [1.29, 1.82) is 0 Å². The number of pyridine rings is 1. The summed E-state index contributed by atoms with van der Waals surface area (Å²) < 4.78 is 0. The number of aromatic nitrogens is 1. The molecule has 1 N–H and O–H groups in total. The summed E-state index contributed by atoms with van der Waals surface area (Å²) in [6.45, 7) is 3.56. The van der Waals surface area contributed by atoms with Gasteiger partial charge in [0.15, 0.2) is 0 Å². The highest BCUT2D eigenvalue weighted by Crippen LogP contribution is 2.22. The number of hydrogen-bond acceptors (Lipinski definition) is 2. The SMILES string of the molecule is CC(C)(O)c1ccc2ncccc2c1. The molecule has 0 spiro atoms. The van der Waals surface area contributed by atoms with Crippen LogP contribution in [0, 0.1) is 0 Å². The van der Waals surface area contributed by atoms with Gasteiger partial charge in [0.2, 0.25) is 0 Å². The van der Waals surface area contributed by atoms with Crippen molar-refractivity contribution in [1.82, 2.24) is 4.98 Å². The number of hydrogen-bond donors (Lipinski definition) is 1. The maximum atomic E-state index is 9.83. The Kier molecular flexibility index (Phi) is 2.01. The normalized spacial score (nSPS) is 11.9. The number of benzene rings is 1. The zero-order valence-electron chi connectivity index (χ0n) is 8.36. The van der Waals surface area contributed by atoms with Crippen LogP contribution in [0.2, 0.25) is 0 Å². The molecule has 1 heterocycles. The van der Waals surface area contributed by atoms with E-state index in [9.17, 15) is 5.11 Å². The largest absolute Gasteiger partial charge is 0.386 e. The molecule has 0 saturated heterocycles. The lowest BCUT2D eigenvalue weighted by molar-refractivity contribution is 0.0787. The molecule has 0 aliphatic heterocycles. The summed E-state index contributed by atoms with van der Waals surface area (Å²) in [6, 6.07) is 9.72. The molecule has 72 valence electrons. The van der Waals surface area contributed by atoms with E-state index >= 15 is 0 Å². The van der Waals surface area contributed by atoms with Gasteiger partial charge in [0.1, 0.15) is 0 Å². The minimum Gasteiger partial charge on any atom is -0.386 e. The first-order valence-corrected chi connectivity index (χ1v) is 4.65. The molecule has 1 aromatic carbocycles. The summed E-state index contributed by atoms with van der Waals surface area (Å²) in [7, 11) is 0. The molecule has 0 aliphatic rings. The van der Waals surface area contributed by atoms with Crippen molar-refractivity contribution in [2.75, 3.05) is 0 Å². The molecule has 14 heavy (non-hydrogen) atoms. The second-order valence-electron chi connectivity index (χ2n) is 3.97. The molecule has 2 aromatic rings. The highest BCUT2D eigenvalue weighted by Gasteiger charge is 2.15. The predicted molar refractivity (Wildman–Crippen MR) is 57.0 cm³/mol. The van der Waals surface area contributed by atoms with Crippen molar-refractivity contribution in [2.24, 2.45) is 0 Å². The minimum atomic E-state index is -0.788. The first-order valence-electron chi connectivity index (χ1n) is 4.65. The molecular formula is C12H13NO. The van der Waals surface area contributed by atoms with E-state index in [0.29, 0.717) is 0 Å². The molecule has 0 saturated carbocycles. The van der Waals surface area contributed by atoms with Crippen molar-refractivity contribution in [3.63, 3.8) is 0 Å². The second-order valence-corrected chi connectivity index (χ2v) is 3.97. The Labute approximate surface area is 83.2 Å². The third-order valence-corrected chi connectivity index (χ3v) is 2.31. The number of nitrogens with zero attached hydrogens (tertiary/aromatic N) is 1. The van der Waals surface area contributed by atoms with Gasteiger partial charge in [-0.15, -0.1) is 0 Å². The van der Waals surface area contributed by atoms with Gasteiger partial charge in [-0.25, -0.2) is 0 Å². The Balaban J connectivity index is 2.63. The van der Waals surface area contributed by atoms with Crippen molar-refractivity contribution >= 4 is 10.9 Å². The molecule has 0 amide bonds. The first-order chi connectivity index (χ1) is 6.57. The third-order valence-electron chi connectivity index (χ3n) is 2.31. The monoisotopic (exact) mass is 187 g/mol. The minimum absolute atomic E-state index is 0.788. The Morgan fingerprint density at radius 2 is 2.00 bits per heavy atom. The molecule has 2 rings (SSSR count). The topological polar surface area (TPSA) is 33.1 Å². The summed E-state index contributed by atoms with van der Waals surface area (Å²) >= 11 is 0. The maximum Gasteiger partial charge on any atom is 0.0840 e. The van der Waals surface area contributed by atoms with Crippen molar-refractivity contribution in [3.05, 3.63) is 42.1 Å². The zero-order valence-corrected chi connectivity index (χ0v) is 8.36. The van der Waals surface area contributed by atoms with Crippen LogP contribution in [-0.4, -0.2) is 10.1 Å². The van der Waals surface area contributed by atoms with E-state index in [4.69, 9.17) is 0 Å². The van der Waals surface area contributed by atoms with Crippen LogP contribution >= 0.6 is 0 Å². The summed E-state index contributed by atoms with van der Waals surface area (Å²) in [6.07, 6.45) is 1.77. The number of rotatable bonds is 1. The highest BCUT2D eigenvalue weighted by molar-refractivity contribution is 5.79. The van der Waals surface area contributed by atoms with E-state index in [0.717, 1.165) is 16.5 Å². The number of aliphatic hydroxyl groups is 1. The zero-order chi connectivity index (χ0) is 10.2. The second kappa shape index (κ2) is 3.07. The van der Waals surface area contributed by atoms with Gasteiger partial charge < -0.3 is 5.11 Å². The van der Waals surface area contributed by atoms with Gasteiger partial charge in [0, 0.05) is 11.6 Å². The lowest BCUT2D eigenvalue weighted by atomic mass is 9.97. The quantitative estimate of drug-likeness (QED) is 0.744. The summed E-state index contributed by atoms with van der Waals surface area (Å²) in [5.74, 6) is 0. The van der Waals surface area contributed by atoms with Crippen LogP contribution in [-0.2, 0) is 5.60 Å². The van der Waals surface area contributed by atoms with Crippen LogP contribution in [0.15, 0.2) is 36.5 Å². The van der Waals surface area contributed by atoms with Crippen molar-refractivity contribution in [2.45, 2.75) is 19.4 Å². The van der Waals surface area contributed by atoms with Crippen LogP contribution < -0.4 is 0 Å². The fraction of sp³-hybridized carbons (Fsp3) is 0.250. The van der Waals surface area contributed by atoms with E-state index in [2.05, 4.69) is 4.98 Å². The first kappa shape index (κ1) is 9.16. The Bertz CT molecular complexity index is 457. The average molecular weight is 187 g/mol. The lowest BCUT2D eigenvalue weighted by Gasteiger charge is -2.17. The fourth-order valence-corrected chi connectivity index (χ4v) is 1.46. The van der Waals surface area contributed by atoms with Gasteiger partial charge >= 0.3 is 0 Å². The van der Waals surface area contributed by atoms with Gasteiger partial charge in [-0.05, 0) is 37.6 Å². The van der Waals surface area contributed by atoms with Crippen LogP contribution in [0.5, 0.6) is 0 Å². The molecule has 0 atom stereocenters. The van der Waals surface area contributed by atoms with Gasteiger partial charge in [-0.3, -0.25) is 4.98 Å². The molecule has 2 heteroatoms. The van der Waals surface area contributed by atoms with E-state index in [-0.39, 0.29) is 0 Å². The van der Waals surface area contributed by atoms with E-state index < -0.39 is 5.60 Å². The maximum absolute atomic E-state index is 9.83.